The van der Waals surface area contributed by atoms with Crippen molar-refractivity contribution in [1.29, 1.82) is 0 Å². The Labute approximate surface area is 106 Å². The third-order valence-electron chi connectivity index (χ3n) is 3.33. The summed E-state index contributed by atoms with van der Waals surface area (Å²) in [5.74, 6) is -0.123. The monoisotopic (exact) mass is 240 g/mol. The van der Waals surface area contributed by atoms with Crippen LogP contribution in [0.25, 0.3) is 0 Å². The minimum absolute atomic E-state index is 0.123. The van der Waals surface area contributed by atoms with Gasteiger partial charge in [0, 0.05) is 0 Å². The highest BCUT2D eigenvalue weighted by molar-refractivity contribution is 5.84. The summed E-state index contributed by atoms with van der Waals surface area (Å²) in [6.45, 7) is 6.78. The largest absolute Gasteiger partial charge is 0.382 e. The van der Waals surface area contributed by atoms with E-state index in [2.05, 4.69) is 6.58 Å². The number of carbonyl (C=O) groups is 1. The average molecular weight is 240 g/mol. The fourth-order valence-corrected chi connectivity index (χ4v) is 1.82. The molecular weight excluding hydrogens is 212 g/mol. The molecule has 100 valence electrons. The number of unbranched alkanes of at least 4 members (excludes halogenated alkanes) is 7. The Morgan fingerprint density at radius 3 is 2.06 bits per heavy atom. The Morgan fingerprint density at radius 2 is 1.59 bits per heavy atom. The number of carbonyl (C=O) groups excluding carboxylic acids is 1. The second-order valence-corrected chi connectivity index (χ2v) is 5.13. The van der Waals surface area contributed by atoms with E-state index in [1.165, 1.54) is 39.0 Å². The summed E-state index contributed by atoms with van der Waals surface area (Å²) in [5, 5.41) is 9.73. The molecule has 0 aromatic carbocycles. The lowest BCUT2D eigenvalue weighted by molar-refractivity contribution is -0.134. The first-order chi connectivity index (χ1) is 8.00. The third-order valence-corrected chi connectivity index (χ3v) is 3.33. The lowest BCUT2D eigenvalue weighted by Crippen LogP contribution is -2.32. The van der Waals surface area contributed by atoms with Gasteiger partial charge in [-0.25, -0.2) is 0 Å². The zero-order chi connectivity index (χ0) is 13.1. The minimum atomic E-state index is -1.11. The highest BCUT2D eigenvalue weighted by Gasteiger charge is 2.24. The summed E-state index contributed by atoms with van der Waals surface area (Å²) in [6.07, 6.45) is 12.1. The van der Waals surface area contributed by atoms with Crippen molar-refractivity contribution in [2.24, 2.45) is 0 Å². The van der Waals surface area contributed by atoms with Gasteiger partial charge in [0.1, 0.15) is 5.60 Å². The Bertz CT molecular complexity index is 219. The quantitative estimate of drug-likeness (QED) is 0.437. The Morgan fingerprint density at radius 1 is 1.12 bits per heavy atom. The summed E-state index contributed by atoms with van der Waals surface area (Å²) < 4.78 is 0. The van der Waals surface area contributed by atoms with E-state index in [0.29, 0.717) is 6.42 Å². The van der Waals surface area contributed by atoms with Crippen LogP contribution in [-0.4, -0.2) is 16.5 Å². The number of ketones is 1. The topological polar surface area (TPSA) is 37.3 Å². The van der Waals surface area contributed by atoms with Crippen LogP contribution < -0.4 is 0 Å². The van der Waals surface area contributed by atoms with Crippen LogP contribution >= 0.6 is 0 Å². The van der Waals surface area contributed by atoms with Gasteiger partial charge in [-0.05, 0) is 33.1 Å². The molecule has 0 aliphatic rings. The van der Waals surface area contributed by atoms with Gasteiger partial charge in [0.2, 0.25) is 0 Å². The number of hydrogen-bond acceptors (Lipinski definition) is 2. The first kappa shape index (κ1) is 16.4. The van der Waals surface area contributed by atoms with E-state index < -0.39 is 5.60 Å². The summed E-state index contributed by atoms with van der Waals surface area (Å²) in [5.41, 5.74) is -1.11. The van der Waals surface area contributed by atoms with Gasteiger partial charge < -0.3 is 5.11 Å². The molecule has 0 spiro atoms. The van der Waals surface area contributed by atoms with Crippen LogP contribution in [0.3, 0.4) is 0 Å². The first-order valence-electron chi connectivity index (χ1n) is 6.85. The standard InChI is InChI=1S/C15H28O2/c1-4-5-6-7-8-9-10-11-12-13-15(3,17)14(2)16/h4,17H,1,5-13H2,2-3H3/t15-/m1/s1. The molecule has 0 aliphatic heterocycles. The molecule has 0 aliphatic carbocycles. The normalized spacial score (nSPS) is 14.3. The molecule has 0 bridgehead atoms. The maximum atomic E-state index is 11.1. The van der Waals surface area contributed by atoms with Crippen LogP contribution in [0.5, 0.6) is 0 Å². The number of hydrogen-bond donors (Lipinski definition) is 1. The smallest absolute Gasteiger partial charge is 0.160 e. The zero-order valence-corrected chi connectivity index (χ0v) is 11.5. The number of aliphatic hydroxyl groups is 1. The average Bonchev–Trinajstić information content (AvgIpc) is 2.26. The molecule has 1 atom stereocenters. The SMILES string of the molecule is C=CCCCCCCCCC[C@@](C)(O)C(C)=O. The van der Waals surface area contributed by atoms with Gasteiger partial charge in [0.15, 0.2) is 5.78 Å². The van der Waals surface area contributed by atoms with Crippen LogP contribution in [0, 0.1) is 0 Å². The molecule has 0 amide bonds. The molecule has 0 saturated carbocycles. The molecule has 0 aromatic heterocycles. The van der Waals surface area contributed by atoms with E-state index in [9.17, 15) is 9.90 Å². The predicted molar refractivity (Wildman–Crippen MR) is 73.1 cm³/mol. The van der Waals surface area contributed by atoms with Crippen molar-refractivity contribution < 1.29 is 9.90 Å². The maximum Gasteiger partial charge on any atom is 0.160 e. The van der Waals surface area contributed by atoms with E-state index >= 15 is 0 Å². The molecule has 0 unspecified atom stereocenters. The van der Waals surface area contributed by atoms with Gasteiger partial charge in [-0.2, -0.15) is 0 Å². The van der Waals surface area contributed by atoms with E-state index in [1.54, 1.807) is 6.92 Å². The molecule has 0 rings (SSSR count). The third kappa shape index (κ3) is 9.11. The highest BCUT2D eigenvalue weighted by atomic mass is 16.3. The van der Waals surface area contributed by atoms with E-state index in [0.717, 1.165) is 19.3 Å². The van der Waals surface area contributed by atoms with Gasteiger partial charge in [0.05, 0.1) is 0 Å². The second kappa shape index (κ2) is 9.41. The Hall–Kier alpha value is -0.630. The van der Waals surface area contributed by atoms with Crippen LogP contribution in [0.2, 0.25) is 0 Å². The first-order valence-corrected chi connectivity index (χ1v) is 6.85. The van der Waals surface area contributed by atoms with Gasteiger partial charge in [0.25, 0.3) is 0 Å². The number of allylic oxidation sites excluding steroid dienone is 1. The predicted octanol–water partition coefficient (Wildman–Crippen LogP) is 4.02. The van der Waals surface area contributed by atoms with Crippen molar-refractivity contribution in [1.82, 2.24) is 0 Å². The lowest BCUT2D eigenvalue weighted by atomic mass is 9.94. The van der Waals surface area contributed by atoms with Crippen LogP contribution in [0.4, 0.5) is 0 Å². The molecule has 1 N–H and O–H groups in total. The molecule has 2 nitrogen and oxygen atoms in total. The fourth-order valence-electron chi connectivity index (χ4n) is 1.82. The summed E-state index contributed by atoms with van der Waals surface area (Å²) in [7, 11) is 0. The molecule has 0 heterocycles. The minimum Gasteiger partial charge on any atom is -0.382 e. The van der Waals surface area contributed by atoms with Crippen molar-refractivity contribution in [2.45, 2.75) is 77.2 Å². The van der Waals surface area contributed by atoms with Crippen molar-refractivity contribution in [3.05, 3.63) is 12.7 Å². The summed E-state index contributed by atoms with van der Waals surface area (Å²) >= 11 is 0. The van der Waals surface area contributed by atoms with Crippen LogP contribution in [0.1, 0.15) is 71.6 Å². The van der Waals surface area contributed by atoms with Gasteiger partial charge in [-0.15, -0.1) is 6.58 Å². The van der Waals surface area contributed by atoms with Crippen molar-refractivity contribution in [3.8, 4) is 0 Å². The maximum absolute atomic E-state index is 11.1. The fraction of sp³-hybridized carbons (Fsp3) is 0.800. The molecule has 0 fully saturated rings. The van der Waals surface area contributed by atoms with Gasteiger partial charge in [-0.3, -0.25) is 4.79 Å². The summed E-state index contributed by atoms with van der Waals surface area (Å²) in [6, 6.07) is 0. The molecule has 2 heteroatoms. The summed E-state index contributed by atoms with van der Waals surface area (Å²) in [4.78, 5) is 11.1. The van der Waals surface area contributed by atoms with Crippen LogP contribution in [0.15, 0.2) is 12.7 Å². The van der Waals surface area contributed by atoms with E-state index in [-0.39, 0.29) is 5.78 Å². The van der Waals surface area contributed by atoms with Crippen molar-refractivity contribution >= 4 is 5.78 Å². The molecule has 0 aromatic rings. The van der Waals surface area contributed by atoms with E-state index in [4.69, 9.17) is 0 Å². The molecular formula is C15H28O2. The van der Waals surface area contributed by atoms with Crippen molar-refractivity contribution in [3.63, 3.8) is 0 Å². The van der Waals surface area contributed by atoms with E-state index in [1.807, 2.05) is 6.08 Å². The lowest BCUT2D eigenvalue weighted by Gasteiger charge is -2.19. The van der Waals surface area contributed by atoms with Crippen LogP contribution in [-0.2, 0) is 4.79 Å². The van der Waals surface area contributed by atoms with Crippen molar-refractivity contribution in [2.75, 3.05) is 0 Å². The molecule has 17 heavy (non-hydrogen) atoms. The number of rotatable bonds is 11. The Kier molecular flexibility index (Phi) is 9.06. The number of Topliss-reactive ketones (excluding diaryl/α,β-unsaturated/α-hetero) is 1. The molecule has 0 saturated heterocycles. The van der Waals surface area contributed by atoms with Gasteiger partial charge >= 0.3 is 0 Å². The Balaban J connectivity index is 3.29. The zero-order valence-electron chi connectivity index (χ0n) is 11.5. The highest BCUT2D eigenvalue weighted by Crippen LogP contribution is 2.17. The second-order valence-electron chi connectivity index (χ2n) is 5.13. The molecule has 0 radical (unpaired) electrons. The van der Waals surface area contributed by atoms with Gasteiger partial charge in [-0.1, -0.05) is 44.6 Å².